The number of methoxy groups -OCH3 is 1. The zero-order chi connectivity index (χ0) is 20.1. The van der Waals surface area contributed by atoms with Crippen LogP contribution in [-0.2, 0) is 26.3 Å². The van der Waals surface area contributed by atoms with E-state index in [9.17, 15) is 18.0 Å². The Morgan fingerprint density at radius 2 is 1.86 bits per heavy atom. The lowest BCUT2D eigenvalue weighted by molar-refractivity contribution is -0.116. The van der Waals surface area contributed by atoms with Crippen LogP contribution in [0.25, 0.3) is 0 Å². The van der Waals surface area contributed by atoms with Crippen molar-refractivity contribution in [3.05, 3.63) is 52.2 Å². The SMILES string of the molecule is COC(=O)c1sccc1NC(=O)CN1CCCN(Cc2ccccc2)S1(=O)=O. The summed E-state index contributed by atoms with van der Waals surface area (Å²) >= 11 is 1.14. The number of thiophene rings is 1. The number of anilines is 1. The number of hydrogen-bond donors (Lipinski definition) is 1. The third-order valence-corrected chi connectivity index (χ3v) is 7.12. The van der Waals surface area contributed by atoms with Crippen molar-refractivity contribution in [2.24, 2.45) is 0 Å². The van der Waals surface area contributed by atoms with Crippen LogP contribution in [0.1, 0.15) is 21.7 Å². The van der Waals surface area contributed by atoms with Crippen molar-refractivity contribution in [3.8, 4) is 0 Å². The molecule has 1 N–H and O–H groups in total. The van der Waals surface area contributed by atoms with Crippen molar-refractivity contribution in [2.45, 2.75) is 13.0 Å². The van der Waals surface area contributed by atoms with Gasteiger partial charge in [-0.05, 0) is 23.4 Å². The van der Waals surface area contributed by atoms with Gasteiger partial charge in [0.1, 0.15) is 4.88 Å². The Balaban J connectivity index is 1.67. The zero-order valence-electron chi connectivity index (χ0n) is 15.3. The molecule has 1 aliphatic heterocycles. The average Bonchev–Trinajstić information content (AvgIpc) is 3.13. The number of hydrogen-bond acceptors (Lipinski definition) is 6. The van der Waals surface area contributed by atoms with Crippen LogP contribution in [0.15, 0.2) is 41.8 Å². The molecule has 1 aromatic heterocycles. The Morgan fingerprint density at radius 3 is 2.57 bits per heavy atom. The molecule has 0 bridgehead atoms. The van der Waals surface area contributed by atoms with Gasteiger partial charge in [0.05, 0.1) is 19.3 Å². The van der Waals surface area contributed by atoms with E-state index < -0.39 is 22.1 Å². The van der Waals surface area contributed by atoms with E-state index >= 15 is 0 Å². The number of ether oxygens (including phenoxy) is 1. The third-order valence-electron chi connectivity index (χ3n) is 4.30. The lowest BCUT2D eigenvalue weighted by Gasteiger charge is -2.34. The molecular weight excluding hydrogens is 402 g/mol. The Labute approximate surface area is 167 Å². The molecule has 28 heavy (non-hydrogen) atoms. The van der Waals surface area contributed by atoms with Crippen molar-refractivity contribution in [3.63, 3.8) is 0 Å². The molecule has 1 amide bonds. The third kappa shape index (κ3) is 4.58. The number of benzene rings is 1. The molecule has 150 valence electrons. The predicted molar refractivity (Wildman–Crippen MR) is 106 cm³/mol. The van der Waals surface area contributed by atoms with E-state index in [1.54, 1.807) is 11.4 Å². The van der Waals surface area contributed by atoms with Gasteiger partial charge in [0.25, 0.3) is 10.2 Å². The van der Waals surface area contributed by atoms with Crippen LogP contribution in [0.3, 0.4) is 0 Å². The largest absolute Gasteiger partial charge is 0.465 e. The Hall–Kier alpha value is -2.27. The van der Waals surface area contributed by atoms with Crippen molar-refractivity contribution in [1.82, 2.24) is 8.61 Å². The molecule has 0 aliphatic carbocycles. The first-order chi connectivity index (χ1) is 13.4. The van der Waals surface area contributed by atoms with Gasteiger partial charge in [-0.1, -0.05) is 30.3 Å². The number of carbonyl (C=O) groups is 2. The lowest BCUT2D eigenvalue weighted by atomic mass is 10.2. The maximum Gasteiger partial charge on any atom is 0.350 e. The number of nitrogens with one attached hydrogen (secondary N) is 1. The summed E-state index contributed by atoms with van der Waals surface area (Å²) in [5.41, 5.74) is 1.20. The first-order valence-corrected chi connectivity index (χ1v) is 10.9. The van der Waals surface area contributed by atoms with Crippen LogP contribution in [0.2, 0.25) is 0 Å². The fourth-order valence-electron chi connectivity index (χ4n) is 2.93. The quantitative estimate of drug-likeness (QED) is 0.716. The predicted octanol–water partition coefficient (Wildman–Crippen LogP) is 1.93. The standard InChI is InChI=1S/C18H21N3O5S2/c1-26-18(23)17-15(8-11-27-17)19-16(22)13-21-10-5-9-20(28(21,24)25)12-14-6-3-2-4-7-14/h2-4,6-8,11H,5,9-10,12-13H2,1H3,(H,19,22). The number of carbonyl (C=O) groups excluding carboxylic acids is 2. The van der Waals surface area contributed by atoms with E-state index in [2.05, 4.69) is 10.1 Å². The monoisotopic (exact) mass is 423 g/mol. The van der Waals surface area contributed by atoms with Gasteiger partial charge in [-0.3, -0.25) is 4.79 Å². The van der Waals surface area contributed by atoms with E-state index in [1.165, 1.54) is 15.7 Å². The van der Waals surface area contributed by atoms with E-state index in [-0.39, 0.29) is 24.5 Å². The topological polar surface area (TPSA) is 96.0 Å². The summed E-state index contributed by atoms with van der Waals surface area (Å²) in [6.07, 6.45) is 0.630. The van der Waals surface area contributed by atoms with E-state index in [1.807, 2.05) is 30.3 Å². The molecule has 1 fully saturated rings. The highest BCUT2D eigenvalue weighted by molar-refractivity contribution is 7.86. The normalized spacial score (nSPS) is 17.2. The van der Waals surface area contributed by atoms with Crippen molar-refractivity contribution >= 4 is 39.1 Å². The van der Waals surface area contributed by atoms with Gasteiger partial charge < -0.3 is 10.1 Å². The maximum atomic E-state index is 12.9. The van der Waals surface area contributed by atoms with Crippen LogP contribution in [-0.4, -0.2) is 55.6 Å². The van der Waals surface area contributed by atoms with Crippen LogP contribution >= 0.6 is 11.3 Å². The minimum absolute atomic E-state index is 0.262. The molecule has 1 aromatic carbocycles. The maximum absolute atomic E-state index is 12.9. The highest BCUT2D eigenvalue weighted by atomic mass is 32.2. The molecule has 0 radical (unpaired) electrons. The fraction of sp³-hybridized carbons (Fsp3) is 0.333. The molecule has 0 atom stereocenters. The molecule has 10 heteroatoms. The van der Waals surface area contributed by atoms with Crippen molar-refractivity contribution < 1.29 is 22.7 Å². The van der Waals surface area contributed by atoms with E-state index in [0.717, 1.165) is 16.9 Å². The summed E-state index contributed by atoms with van der Waals surface area (Å²) in [6.45, 7) is 0.628. The summed E-state index contributed by atoms with van der Waals surface area (Å²) in [7, 11) is -2.49. The van der Waals surface area contributed by atoms with Crippen molar-refractivity contribution in [1.29, 1.82) is 0 Å². The minimum Gasteiger partial charge on any atom is -0.465 e. The molecule has 2 aromatic rings. The summed E-state index contributed by atoms with van der Waals surface area (Å²) in [5, 5.41) is 4.26. The van der Waals surface area contributed by atoms with E-state index in [4.69, 9.17) is 0 Å². The van der Waals surface area contributed by atoms with Crippen molar-refractivity contribution in [2.75, 3.05) is 32.1 Å². The zero-order valence-corrected chi connectivity index (χ0v) is 17.0. The second-order valence-corrected chi connectivity index (χ2v) is 9.06. The highest BCUT2D eigenvalue weighted by Crippen LogP contribution is 2.24. The van der Waals surface area contributed by atoms with Gasteiger partial charge in [0.15, 0.2) is 0 Å². The summed E-state index contributed by atoms with van der Waals surface area (Å²) < 4.78 is 33.0. The molecule has 1 aliphatic rings. The molecule has 0 saturated carbocycles. The Morgan fingerprint density at radius 1 is 1.14 bits per heavy atom. The number of rotatable bonds is 6. The smallest absolute Gasteiger partial charge is 0.350 e. The number of amides is 1. The Bertz CT molecular complexity index is 943. The van der Waals surface area contributed by atoms with Crippen LogP contribution in [0.5, 0.6) is 0 Å². The molecule has 2 heterocycles. The van der Waals surface area contributed by atoms with Gasteiger partial charge in [-0.15, -0.1) is 11.3 Å². The average molecular weight is 424 g/mol. The minimum atomic E-state index is -3.75. The first kappa shape index (κ1) is 20.5. The molecule has 3 rings (SSSR count). The number of esters is 1. The first-order valence-electron chi connectivity index (χ1n) is 8.66. The van der Waals surface area contributed by atoms with Gasteiger partial charge in [-0.2, -0.15) is 17.0 Å². The second-order valence-electron chi connectivity index (χ2n) is 6.22. The fourth-order valence-corrected chi connectivity index (χ4v) is 5.34. The van der Waals surface area contributed by atoms with Gasteiger partial charge in [0, 0.05) is 19.6 Å². The molecule has 0 spiro atoms. The molecule has 8 nitrogen and oxygen atoms in total. The summed E-state index contributed by atoms with van der Waals surface area (Å²) in [5.74, 6) is -1.06. The molecule has 0 unspecified atom stereocenters. The second kappa shape index (κ2) is 8.82. The Kier molecular flexibility index (Phi) is 6.45. The van der Waals surface area contributed by atoms with Crippen LogP contribution in [0, 0.1) is 0 Å². The summed E-state index contributed by atoms with van der Waals surface area (Å²) in [4.78, 5) is 24.4. The highest BCUT2D eigenvalue weighted by Gasteiger charge is 2.34. The van der Waals surface area contributed by atoms with Gasteiger partial charge in [0.2, 0.25) is 5.91 Å². The van der Waals surface area contributed by atoms with Gasteiger partial charge in [-0.25, -0.2) is 4.79 Å². The molecular formula is C18H21N3O5S2. The summed E-state index contributed by atoms with van der Waals surface area (Å²) in [6, 6.07) is 10.9. The molecule has 1 saturated heterocycles. The van der Waals surface area contributed by atoms with Crippen LogP contribution < -0.4 is 5.32 Å². The van der Waals surface area contributed by atoms with Gasteiger partial charge >= 0.3 is 5.97 Å². The number of nitrogens with zero attached hydrogens (tertiary/aromatic N) is 2. The van der Waals surface area contributed by atoms with E-state index in [0.29, 0.717) is 18.7 Å². The van der Waals surface area contributed by atoms with Crippen LogP contribution in [0.4, 0.5) is 5.69 Å². The lowest BCUT2D eigenvalue weighted by Crippen LogP contribution is -2.51.